The van der Waals surface area contributed by atoms with Gasteiger partial charge in [0.25, 0.3) is 0 Å². The van der Waals surface area contributed by atoms with Crippen LogP contribution >= 0.6 is 11.6 Å². The predicted octanol–water partition coefficient (Wildman–Crippen LogP) is 5.18. The molecule has 0 bridgehead atoms. The normalized spacial score (nSPS) is 14.3. The molecule has 1 nitrogen and oxygen atoms in total. The Morgan fingerprint density at radius 2 is 1.67 bits per heavy atom. The Kier molecular flexibility index (Phi) is 5.22. The Balaban J connectivity index is 2.04. The van der Waals surface area contributed by atoms with E-state index >= 15 is 0 Å². The molecule has 2 rings (SSSR count). The summed E-state index contributed by atoms with van der Waals surface area (Å²) in [5.41, 5.74) is 9.74. The number of aryl methyl sites for hydroxylation is 1. The Hall–Kier alpha value is -1.57. The van der Waals surface area contributed by atoms with E-state index < -0.39 is 0 Å². The Morgan fingerprint density at radius 1 is 1.05 bits per heavy atom. The fourth-order valence-corrected chi connectivity index (χ4v) is 2.38. The molecule has 2 heteroatoms. The topological polar surface area (TPSA) is 26.0 Å². The van der Waals surface area contributed by atoms with Crippen LogP contribution in [0.5, 0.6) is 0 Å². The summed E-state index contributed by atoms with van der Waals surface area (Å²) in [5.74, 6) is 0. The van der Waals surface area contributed by atoms with Crippen LogP contribution in [0.15, 0.2) is 54.6 Å². The van der Waals surface area contributed by atoms with Gasteiger partial charge in [0.15, 0.2) is 0 Å². The Bertz CT molecular complexity index is 594. The van der Waals surface area contributed by atoms with Crippen molar-refractivity contribution in [2.75, 3.05) is 0 Å². The van der Waals surface area contributed by atoms with Crippen LogP contribution in [0, 0.1) is 0 Å². The van der Waals surface area contributed by atoms with Crippen LogP contribution < -0.4 is 5.73 Å². The molecule has 0 heterocycles. The Labute approximate surface area is 132 Å². The molecule has 21 heavy (non-hydrogen) atoms. The lowest BCUT2D eigenvalue weighted by Crippen LogP contribution is -2.32. The lowest BCUT2D eigenvalue weighted by atomic mass is 9.88. The molecule has 0 saturated heterocycles. The van der Waals surface area contributed by atoms with E-state index in [1.165, 1.54) is 11.1 Å². The summed E-state index contributed by atoms with van der Waals surface area (Å²) in [7, 11) is 0. The van der Waals surface area contributed by atoms with Crippen LogP contribution in [-0.4, -0.2) is 0 Å². The Morgan fingerprint density at radius 3 is 2.24 bits per heavy atom. The SMILES string of the molecule is CCc1ccc(C(C)(N)C/C=C/c2ccc(Cl)cc2)cc1. The summed E-state index contributed by atoms with van der Waals surface area (Å²) in [4.78, 5) is 0. The molecule has 2 N–H and O–H groups in total. The van der Waals surface area contributed by atoms with Crippen molar-refractivity contribution in [1.82, 2.24) is 0 Å². The highest BCUT2D eigenvalue weighted by Crippen LogP contribution is 2.23. The third kappa shape index (κ3) is 4.45. The zero-order valence-electron chi connectivity index (χ0n) is 12.6. The number of hydrogen-bond donors (Lipinski definition) is 1. The first-order chi connectivity index (χ1) is 10.0. The average molecular weight is 300 g/mol. The molecule has 2 aromatic carbocycles. The van der Waals surface area contributed by atoms with Gasteiger partial charge in [-0.1, -0.05) is 67.1 Å². The fourth-order valence-electron chi connectivity index (χ4n) is 2.25. The molecule has 0 saturated carbocycles. The highest BCUT2D eigenvalue weighted by Gasteiger charge is 2.19. The quantitative estimate of drug-likeness (QED) is 0.809. The molecule has 110 valence electrons. The van der Waals surface area contributed by atoms with E-state index in [0.29, 0.717) is 0 Å². The minimum atomic E-state index is -0.352. The van der Waals surface area contributed by atoms with E-state index in [1.807, 2.05) is 24.3 Å². The fraction of sp³-hybridized carbons (Fsp3) is 0.263. The first kappa shape index (κ1) is 15.8. The molecule has 0 aliphatic heterocycles. The molecule has 0 fully saturated rings. The molecule has 0 aliphatic rings. The number of rotatable bonds is 5. The molecule has 0 aromatic heterocycles. The highest BCUT2D eigenvalue weighted by molar-refractivity contribution is 6.30. The summed E-state index contributed by atoms with van der Waals surface area (Å²) >= 11 is 5.88. The summed E-state index contributed by atoms with van der Waals surface area (Å²) in [5, 5.41) is 0.756. The molecule has 0 spiro atoms. The molecule has 0 radical (unpaired) electrons. The highest BCUT2D eigenvalue weighted by atomic mass is 35.5. The molecular formula is C19H22ClN. The van der Waals surface area contributed by atoms with Gasteiger partial charge in [-0.2, -0.15) is 0 Å². The maximum absolute atomic E-state index is 6.45. The molecule has 0 amide bonds. The lowest BCUT2D eigenvalue weighted by molar-refractivity contribution is 0.503. The number of halogens is 1. The summed E-state index contributed by atoms with van der Waals surface area (Å²) in [6, 6.07) is 16.4. The third-order valence-corrected chi connectivity index (χ3v) is 4.00. The van der Waals surface area contributed by atoms with E-state index in [-0.39, 0.29) is 5.54 Å². The predicted molar refractivity (Wildman–Crippen MR) is 92.5 cm³/mol. The van der Waals surface area contributed by atoms with Crippen molar-refractivity contribution < 1.29 is 0 Å². The van der Waals surface area contributed by atoms with Crippen LogP contribution in [0.4, 0.5) is 0 Å². The van der Waals surface area contributed by atoms with E-state index in [0.717, 1.165) is 23.4 Å². The standard InChI is InChI=1S/C19H22ClN/c1-3-15-6-10-17(11-7-15)19(2,21)14-4-5-16-8-12-18(20)13-9-16/h4-13H,3,14,21H2,1-2H3/b5-4+. The zero-order valence-corrected chi connectivity index (χ0v) is 13.4. The van der Waals surface area contributed by atoms with Gasteiger partial charge in [0.2, 0.25) is 0 Å². The molecule has 1 unspecified atom stereocenters. The monoisotopic (exact) mass is 299 g/mol. The minimum Gasteiger partial charge on any atom is -0.321 e. The largest absolute Gasteiger partial charge is 0.321 e. The third-order valence-electron chi connectivity index (χ3n) is 3.74. The summed E-state index contributed by atoms with van der Waals surface area (Å²) in [6.45, 7) is 4.23. The van der Waals surface area contributed by atoms with Crippen LogP contribution in [0.2, 0.25) is 5.02 Å². The smallest absolute Gasteiger partial charge is 0.0416 e. The molecule has 1 atom stereocenters. The van der Waals surface area contributed by atoms with Crippen LogP contribution in [0.3, 0.4) is 0 Å². The number of benzene rings is 2. The lowest BCUT2D eigenvalue weighted by Gasteiger charge is -2.24. The van der Waals surface area contributed by atoms with Crippen molar-refractivity contribution in [3.05, 3.63) is 76.3 Å². The van der Waals surface area contributed by atoms with E-state index in [1.54, 1.807) is 0 Å². The van der Waals surface area contributed by atoms with Gasteiger partial charge in [-0.05, 0) is 48.6 Å². The van der Waals surface area contributed by atoms with Gasteiger partial charge in [0.05, 0.1) is 0 Å². The molecular weight excluding hydrogens is 278 g/mol. The average Bonchev–Trinajstić information content (AvgIpc) is 2.49. The second-order valence-electron chi connectivity index (χ2n) is 5.63. The second kappa shape index (κ2) is 6.93. The van der Waals surface area contributed by atoms with Gasteiger partial charge in [-0.25, -0.2) is 0 Å². The van der Waals surface area contributed by atoms with Crippen LogP contribution in [0.1, 0.15) is 37.0 Å². The van der Waals surface area contributed by atoms with Gasteiger partial charge in [0, 0.05) is 10.6 Å². The van der Waals surface area contributed by atoms with Gasteiger partial charge >= 0.3 is 0 Å². The number of nitrogens with two attached hydrogens (primary N) is 1. The zero-order chi connectivity index (χ0) is 15.3. The summed E-state index contributed by atoms with van der Waals surface area (Å²) in [6.07, 6.45) is 6.05. The maximum Gasteiger partial charge on any atom is 0.0416 e. The minimum absolute atomic E-state index is 0.352. The van der Waals surface area contributed by atoms with Crippen molar-refractivity contribution in [3.8, 4) is 0 Å². The van der Waals surface area contributed by atoms with Crippen molar-refractivity contribution in [1.29, 1.82) is 0 Å². The van der Waals surface area contributed by atoms with E-state index in [4.69, 9.17) is 17.3 Å². The van der Waals surface area contributed by atoms with E-state index in [9.17, 15) is 0 Å². The molecule has 2 aromatic rings. The van der Waals surface area contributed by atoms with Crippen LogP contribution in [0.25, 0.3) is 6.08 Å². The van der Waals surface area contributed by atoms with Crippen molar-refractivity contribution in [2.24, 2.45) is 5.73 Å². The second-order valence-corrected chi connectivity index (χ2v) is 6.06. The number of hydrogen-bond acceptors (Lipinski definition) is 1. The van der Waals surface area contributed by atoms with Gasteiger partial charge in [-0.3, -0.25) is 0 Å². The summed E-state index contributed by atoms with van der Waals surface area (Å²) < 4.78 is 0. The van der Waals surface area contributed by atoms with E-state index in [2.05, 4.69) is 50.3 Å². The van der Waals surface area contributed by atoms with Gasteiger partial charge in [0.1, 0.15) is 0 Å². The molecule has 0 aliphatic carbocycles. The van der Waals surface area contributed by atoms with Crippen LogP contribution in [-0.2, 0) is 12.0 Å². The first-order valence-electron chi connectivity index (χ1n) is 7.31. The van der Waals surface area contributed by atoms with Crippen molar-refractivity contribution in [2.45, 2.75) is 32.2 Å². The van der Waals surface area contributed by atoms with Crippen molar-refractivity contribution in [3.63, 3.8) is 0 Å². The maximum atomic E-state index is 6.45. The first-order valence-corrected chi connectivity index (χ1v) is 7.69. The van der Waals surface area contributed by atoms with Crippen molar-refractivity contribution >= 4 is 17.7 Å². The van der Waals surface area contributed by atoms with Gasteiger partial charge in [-0.15, -0.1) is 0 Å². The van der Waals surface area contributed by atoms with Gasteiger partial charge < -0.3 is 5.73 Å².